The summed E-state index contributed by atoms with van der Waals surface area (Å²) in [5.41, 5.74) is 5.24. The van der Waals surface area contributed by atoms with Gasteiger partial charge in [-0.05, 0) is 64.7 Å². The largest absolute Gasteiger partial charge is 0.544 e. The number of hydrogen-bond donors (Lipinski definition) is 1. The molecule has 1 N–H and O–H groups in total. The molecule has 4 aliphatic heterocycles. The van der Waals surface area contributed by atoms with Crippen LogP contribution in [0.3, 0.4) is 0 Å². The van der Waals surface area contributed by atoms with E-state index in [1.165, 1.54) is 7.11 Å². The Morgan fingerprint density at radius 2 is 1.26 bits per heavy atom. The van der Waals surface area contributed by atoms with E-state index in [-0.39, 0.29) is 32.3 Å². The number of nitrogens with zero attached hydrogens (tertiary/aromatic N) is 2. The van der Waals surface area contributed by atoms with Crippen molar-refractivity contribution in [3.05, 3.63) is 94.0 Å². The second-order valence-corrected chi connectivity index (χ2v) is 15.9. The third-order valence-electron chi connectivity index (χ3n) is 13.0. The summed E-state index contributed by atoms with van der Waals surface area (Å²) in [6.07, 6.45) is 2.61. The molecule has 8 rings (SSSR count). The lowest BCUT2D eigenvalue weighted by Crippen LogP contribution is -2.63. The highest BCUT2D eigenvalue weighted by Gasteiger charge is 2.48. The molecule has 6 atom stereocenters. The highest BCUT2D eigenvalue weighted by molar-refractivity contribution is 5.71. The Bertz CT molecular complexity index is 2190. The number of carboxylic acids is 2. The average Bonchev–Trinajstić information content (AvgIpc) is 3.18. The molecule has 6 unspecified atom stereocenters. The summed E-state index contributed by atoms with van der Waals surface area (Å²) in [6, 6.07) is 16.6. The molecule has 4 aromatic carbocycles. The first kappa shape index (κ1) is 39.8. The zero-order valence-electron chi connectivity index (χ0n) is 33.8. The van der Waals surface area contributed by atoms with Crippen molar-refractivity contribution in [2.75, 3.05) is 48.5 Å². The summed E-state index contributed by atoms with van der Waals surface area (Å²) in [7, 11) is 8.54. The van der Waals surface area contributed by atoms with Crippen molar-refractivity contribution in [2.24, 2.45) is 0 Å². The maximum atomic E-state index is 12.9. The van der Waals surface area contributed by atoms with E-state index in [1.54, 1.807) is 20.3 Å². The number of carbonyl (C=O) groups excluding carboxylic acids is 2. The smallest absolute Gasteiger partial charge is 0.201 e. The fraction of sp³-hybridized carbons (Fsp3) is 0.422. The van der Waals surface area contributed by atoms with Gasteiger partial charge >= 0.3 is 0 Å². The van der Waals surface area contributed by atoms with Crippen LogP contribution in [0.25, 0.3) is 0 Å². The first-order valence-electron chi connectivity index (χ1n) is 19.7. The van der Waals surface area contributed by atoms with Crippen molar-refractivity contribution >= 4 is 11.9 Å². The molecule has 0 amide bonds. The molecule has 0 saturated heterocycles. The molecular weight excluding hydrogens is 728 g/mol. The fourth-order valence-electron chi connectivity index (χ4n) is 9.88. The van der Waals surface area contributed by atoms with Crippen LogP contribution in [0.2, 0.25) is 0 Å². The van der Waals surface area contributed by atoms with Gasteiger partial charge in [0.1, 0.15) is 29.9 Å². The number of hydrogen-bond acceptors (Lipinski definition) is 10. The molecule has 0 radical (unpaired) electrons. The number of rotatable bonds is 9. The van der Waals surface area contributed by atoms with Gasteiger partial charge in [0.05, 0.1) is 66.0 Å². The van der Waals surface area contributed by atoms with Gasteiger partial charge in [-0.25, -0.2) is 0 Å². The van der Waals surface area contributed by atoms with Crippen molar-refractivity contribution in [1.29, 1.82) is 0 Å². The summed E-state index contributed by atoms with van der Waals surface area (Å²) < 4.78 is 31.1. The van der Waals surface area contributed by atoms with Crippen molar-refractivity contribution < 1.29 is 57.6 Å². The van der Waals surface area contributed by atoms with E-state index in [0.29, 0.717) is 85.9 Å². The van der Waals surface area contributed by atoms with Crippen LogP contribution in [0.4, 0.5) is 0 Å². The van der Waals surface area contributed by atoms with Crippen LogP contribution >= 0.6 is 0 Å². The topological polar surface area (TPSA) is 147 Å². The van der Waals surface area contributed by atoms with Gasteiger partial charge in [0.25, 0.3) is 0 Å². The molecule has 4 heterocycles. The minimum Gasteiger partial charge on any atom is -0.544 e. The van der Waals surface area contributed by atoms with Gasteiger partial charge < -0.3 is 57.6 Å². The van der Waals surface area contributed by atoms with Gasteiger partial charge in [0.15, 0.2) is 34.5 Å². The molecule has 0 fully saturated rings. The van der Waals surface area contributed by atoms with Crippen LogP contribution in [0.5, 0.6) is 46.0 Å². The van der Waals surface area contributed by atoms with E-state index in [9.17, 15) is 24.9 Å². The second kappa shape index (κ2) is 15.5. The second-order valence-electron chi connectivity index (χ2n) is 15.9. The van der Waals surface area contributed by atoms with Gasteiger partial charge in [-0.3, -0.25) is 0 Å². The zero-order valence-corrected chi connectivity index (χ0v) is 33.8. The monoisotopic (exact) mass is 780 g/mol. The fourth-order valence-corrected chi connectivity index (χ4v) is 9.88. The lowest BCUT2D eigenvalue weighted by Gasteiger charge is -2.51. The van der Waals surface area contributed by atoms with Gasteiger partial charge in [0.2, 0.25) is 5.75 Å². The van der Waals surface area contributed by atoms with E-state index in [0.717, 1.165) is 27.8 Å². The molecule has 0 saturated carbocycles. The Labute approximate surface area is 333 Å². The minimum absolute atomic E-state index is 0.0819. The minimum atomic E-state index is -1.16. The lowest BCUT2D eigenvalue weighted by atomic mass is 9.83. The maximum Gasteiger partial charge on any atom is 0.201 e. The molecule has 12 heteroatoms. The van der Waals surface area contributed by atoms with Crippen LogP contribution in [-0.2, 0) is 35.3 Å². The Kier molecular flexibility index (Phi) is 10.8. The van der Waals surface area contributed by atoms with E-state index >= 15 is 0 Å². The van der Waals surface area contributed by atoms with Crippen molar-refractivity contribution in [3.63, 3.8) is 0 Å². The summed E-state index contributed by atoms with van der Waals surface area (Å²) >= 11 is 0. The number of ether oxygens (including phenoxy) is 5. The number of fused-ring (bicyclic) bond motifs is 2. The van der Waals surface area contributed by atoms with Crippen LogP contribution < -0.4 is 33.9 Å². The Hall–Kier alpha value is -5.46. The van der Waals surface area contributed by atoms with E-state index in [4.69, 9.17) is 23.7 Å². The number of carbonyl (C=O) groups is 2. The Morgan fingerprint density at radius 1 is 0.719 bits per heavy atom. The first-order chi connectivity index (χ1) is 27.3. The Morgan fingerprint density at radius 3 is 1.86 bits per heavy atom. The van der Waals surface area contributed by atoms with Crippen molar-refractivity contribution in [1.82, 2.24) is 0 Å². The van der Waals surface area contributed by atoms with E-state index in [1.807, 2.05) is 82.5 Å². The number of benzene rings is 4. The highest BCUT2D eigenvalue weighted by atomic mass is 16.5. The number of phenolic OH excluding ortho intramolecular Hbond substituents is 1. The summed E-state index contributed by atoms with van der Waals surface area (Å²) in [5.74, 6) is 0.213. The molecule has 0 aliphatic carbocycles. The predicted molar refractivity (Wildman–Crippen MR) is 208 cm³/mol. The van der Waals surface area contributed by atoms with Crippen molar-refractivity contribution in [3.8, 4) is 46.0 Å². The number of methoxy groups -OCH3 is 3. The molecule has 4 aliphatic rings. The van der Waals surface area contributed by atoms with Crippen LogP contribution in [0, 0.1) is 0 Å². The summed E-state index contributed by atoms with van der Waals surface area (Å²) in [5, 5.41) is 37.8. The molecule has 0 aromatic heterocycles. The summed E-state index contributed by atoms with van der Waals surface area (Å²) in [4.78, 5) is 25.7. The number of phenols is 1. The molecular formula is C45H52N2O10. The molecule has 12 nitrogen and oxygen atoms in total. The highest BCUT2D eigenvalue weighted by Crippen LogP contribution is 2.54. The molecule has 57 heavy (non-hydrogen) atoms. The van der Waals surface area contributed by atoms with Gasteiger partial charge in [-0.15, -0.1) is 0 Å². The zero-order chi connectivity index (χ0) is 40.8. The molecule has 0 spiro atoms. The first-order valence-corrected chi connectivity index (χ1v) is 19.7. The number of aliphatic carboxylic acids is 2. The Balaban J connectivity index is 1.53. The molecule has 6 bridgehead atoms. The standard InChI is InChI=1S/C45H52N2O10/c1-8-32(44(49)50)46(3)18-16-28-23-37(54-6)39-25-31(28)34(46)20-26-10-13-30(14-11-26)56-38-22-27(12-15-36(38)53-5)21-35-41-29(24-40(55-7)42(48)43(41)57-39)17-19-47(35,4)33(9-2)45(51)52/h10-15,22-25,32-35H,8-9,16-21H2,1-7H3,(H-2,48,49,50,51,52). The van der Waals surface area contributed by atoms with Crippen LogP contribution in [0.15, 0.2) is 60.7 Å². The average molecular weight is 781 g/mol. The van der Waals surface area contributed by atoms with Crippen molar-refractivity contribution in [2.45, 2.75) is 76.5 Å². The van der Waals surface area contributed by atoms with Gasteiger partial charge in [-0.2, -0.15) is 0 Å². The third-order valence-corrected chi connectivity index (χ3v) is 13.0. The van der Waals surface area contributed by atoms with Crippen LogP contribution in [0.1, 0.15) is 72.2 Å². The molecule has 4 aromatic rings. The third kappa shape index (κ3) is 6.88. The predicted octanol–water partition coefficient (Wildman–Crippen LogP) is 4.95. The number of carboxylic acid groups (broad SMARTS) is 2. The van der Waals surface area contributed by atoms with Crippen LogP contribution in [-0.4, -0.2) is 86.6 Å². The van der Waals surface area contributed by atoms with E-state index in [2.05, 4.69) is 0 Å². The maximum absolute atomic E-state index is 12.9. The lowest BCUT2D eigenvalue weighted by molar-refractivity contribution is -0.958. The molecule has 302 valence electrons. The summed E-state index contributed by atoms with van der Waals surface area (Å²) in [6.45, 7) is 4.75. The SMILES string of the molecule is CCC(C(=O)[O-])[N+]1(C)CCc2cc(OC)c3cc2C1Cc1ccc(cc1)Oc1cc(ccc1OC)CC1c2c(cc(OC)c(O)c2O3)CC[N+]1(C)C(CC)C(=O)[O-]. The van der Waals surface area contributed by atoms with E-state index < -0.39 is 30.1 Å². The number of likely N-dealkylation sites (N-methyl/N-ethyl adjacent to an activating group) is 2. The quantitative estimate of drug-likeness (QED) is 0.232. The van der Waals surface area contributed by atoms with Gasteiger partial charge in [-0.1, -0.05) is 32.0 Å². The van der Waals surface area contributed by atoms with Gasteiger partial charge in [0, 0.05) is 44.1 Å². The number of aromatic hydroxyl groups is 1. The normalized spacial score (nSPS) is 23.4. The number of quaternary nitrogens is 2.